The van der Waals surface area contributed by atoms with E-state index in [0.29, 0.717) is 12.3 Å². The summed E-state index contributed by atoms with van der Waals surface area (Å²) < 4.78 is 5.29. The average molecular weight is 295 g/mol. The Bertz CT molecular complexity index is 754. The largest absolute Gasteiger partial charge is 0.444 e. The summed E-state index contributed by atoms with van der Waals surface area (Å²) in [5.41, 5.74) is 4.54. The summed E-state index contributed by atoms with van der Waals surface area (Å²) in [5, 5.41) is 12.9. The van der Waals surface area contributed by atoms with Gasteiger partial charge in [-0.25, -0.2) is 4.98 Å². The van der Waals surface area contributed by atoms with E-state index in [1.165, 1.54) is 6.39 Å². The van der Waals surface area contributed by atoms with Gasteiger partial charge >= 0.3 is 0 Å². The molecule has 0 saturated carbocycles. The molecule has 0 aliphatic heterocycles. The molecule has 5 nitrogen and oxygen atoms in total. The molecule has 0 spiro atoms. The Kier molecular flexibility index (Phi) is 4.16. The molecule has 0 aliphatic carbocycles. The number of hydrogen-bond acceptors (Lipinski definition) is 5. The average Bonchev–Trinajstić information content (AvgIpc) is 3.07. The standard InChI is InChI=1S/C17H17N3O2/c1-12-3-2-4-15(20-12)8-19-14-5-6-16(13(7-14)10-21)17-9-18-11-22-17/h2-7,9,11,19,21H,8,10H2,1H3. The fraction of sp³-hybridized carbons (Fsp3) is 0.176. The highest BCUT2D eigenvalue weighted by Gasteiger charge is 2.08. The van der Waals surface area contributed by atoms with Crippen LogP contribution in [0.25, 0.3) is 11.3 Å². The third kappa shape index (κ3) is 3.15. The Morgan fingerprint density at radius 3 is 2.86 bits per heavy atom. The number of benzene rings is 1. The highest BCUT2D eigenvalue weighted by molar-refractivity contribution is 5.65. The Labute approximate surface area is 128 Å². The number of aliphatic hydroxyl groups excluding tert-OH is 1. The van der Waals surface area contributed by atoms with E-state index in [2.05, 4.69) is 15.3 Å². The summed E-state index contributed by atoms with van der Waals surface area (Å²) in [4.78, 5) is 8.36. The normalized spacial score (nSPS) is 10.6. The fourth-order valence-corrected chi connectivity index (χ4v) is 2.31. The lowest BCUT2D eigenvalue weighted by atomic mass is 10.1. The van der Waals surface area contributed by atoms with Crippen molar-refractivity contribution in [1.82, 2.24) is 9.97 Å². The number of nitrogens with one attached hydrogen (secondary N) is 1. The molecule has 0 unspecified atom stereocenters. The van der Waals surface area contributed by atoms with Gasteiger partial charge in [0.25, 0.3) is 0 Å². The van der Waals surface area contributed by atoms with E-state index < -0.39 is 0 Å². The third-order valence-electron chi connectivity index (χ3n) is 3.39. The van der Waals surface area contributed by atoms with Gasteiger partial charge in [-0.3, -0.25) is 4.98 Å². The monoisotopic (exact) mass is 295 g/mol. The molecular formula is C17H17N3O2. The predicted octanol–water partition coefficient (Wildman–Crippen LogP) is 3.15. The molecular weight excluding hydrogens is 278 g/mol. The Balaban J connectivity index is 1.78. The van der Waals surface area contributed by atoms with E-state index in [9.17, 15) is 5.11 Å². The van der Waals surface area contributed by atoms with Crippen molar-refractivity contribution in [3.8, 4) is 11.3 Å². The number of aliphatic hydroxyl groups is 1. The smallest absolute Gasteiger partial charge is 0.181 e. The lowest BCUT2D eigenvalue weighted by Crippen LogP contribution is -2.03. The molecule has 2 heterocycles. The van der Waals surface area contributed by atoms with Gasteiger partial charge in [-0.1, -0.05) is 6.07 Å². The van der Waals surface area contributed by atoms with E-state index in [4.69, 9.17) is 4.42 Å². The zero-order valence-corrected chi connectivity index (χ0v) is 12.3. The van der Waals surface area contributed by atoms with Crippen LogP contribution < -0.4 is 5.32 Å². The van der Waals surface area contributed by atoms with Crippen molar-refractivity contribution in [2.45, 2.75) is 20.1 Å². The molecule has 0 fully saturated rings. The molecule has 3 aromatic rings. The second-order valence-corrected chi connectivity index (χ2v) is 5.02. The Morgan fingerprint density at radius 2 is 2.14 bits per heavy atom. The van der Waals surface area contributed by atoms with Crippen molar-refractivity contribution in [2.24, 2.45) is 0 Å². The van der Waals surface area contributed by atoms with Gasteiger partial charge in [0.2, 0.25) is 0 Å². The number of rotatable bonds is 5. The molecule has 0 atom stereocenters. The van der Waals surface area contributed by atoms with Crippen molar-refractivity contribution in [3.05, 3.63) is 65.9 Å². The highest BCUT2D eigenvalue weighted by atomic mass is 16.3. The van der Waals surface area contributed by atoms with Crippen molar-refractivity contribution >= 4 is 5.69 Å². The summed E-state index contributed by atoms with van der Waals surface area (Å²) in [5.74, 6) is 0.649. The molecule has 0 radical (unpaired) electrons. The van der Waals surface area contributed by atoms with Crippen LogP contribution in [0.5, 0.6) is 0 Å². The Morgan fingerprint density at radius 1 is 1.23 bits per heavy atom. The molecule has 0 amide bonds. The number of oxazole rings is 1. The summed E-state index contributed by atoms with van der Waals surface area (Å²) >= 11 is 0. The molecule has 112 valence electrons. The SMILES string of the molecule is Cc1cccc(CNc2ccc(-c3cnco3)c(CO)c2)n1. The van der Waals surface area contributed by atoms with E-state index in [1.54, 1.807) is 6.20 Å². The molecule has 3 rings (SSSR count). The minimum Gasteiger partial charge on any atom is -0.444 e. The fourth-order valence-electron chi connectivity index (χ4n) is 2.31. The molecule has 2 N–H and O–H groups in total. The van der Waals surface area contributed by atoms with Gasteiger partial charge in [-0.2, -0.15) is 0 Å². The van der Waals surface area contributed by atoms with E-state index in [0.717, 1.165) is 28.2 Å². The summed E-state index contributed by atoms with van der Waals surface area (Å²) in [7, 11) is 0. The van der Waals surface area contributed by atoms with Gasteiger partial charge < -0.3 is 14.8 Å². The van der Waals surface area contributed by atoms with E-state index in [-0.39, 0.29) is 6.61 Å². The maximum atomic E-state index is 9.56. The minimum absolute atomic E-state index is 0.0613. The highest BCUT2D eigenvalue weighted by Crippen LogP contribution is 2.26. The maximum absolute atomic E-state index is 9.56. The zero-order chi connectivity index (χ0) is 15.4. The first kappa shape index (κ1) is 14.3. The lowest BCUT2D eigenvalue weighted by Gasteiger charge is -2.10. The summed E-state index contributed by atoms with van der Waals surface area (Å²) in [6, 6.07) is 11.7. The van der Waals surface area contributed by atoms with Crippen LogP contribution in [0.4, 0.5) is 5.69 Å². The number of hydrogen-bond donors (Lipinski definition) is 2. The number of aromatic nitrogens is 2. The molecule has 2 aromatic heterocycles. The van der Waals surface area contributed by atoms with Gasteiger partial charge in [0.1, 0.15) is 0 Å². The first-order chi connectivity index (χ1) is 10.8. The molecule has 22 heavy (non-hydrogen) atoms. The van der Waals surface area contributed by atoms with Crippen LogP contribution in [0.15, 0.2) is 53.4 Å². The van der Waals surface area contributed by atoms with Crippen LogP contribution in [0.1, 0.15) is 17.0 Å². The van der Waals surface area contributed by atoms with Gasteiger partial charge in [-0.05, 0) is 42.8 Å². The van der Waals surface area contributed by atoms with Crippen molar-refractivity contribution in [1.29, 1.82) is 0 Å². The summed E-state index contributed by atoms with van der Waals surface area (Å²) in [6.45, 7) is 2.54. The molecule has 1 aromatic carbocycles. The van der Waals surface area contributed by atoms with Gasteiger partial charge in [0.15, 0.2) is 12.2 Å². The lowest BCUT2D eigenvalue weighted by molar-refractivity contribution is 0.282. The number of anilines is 1. The van der Waals surface area contributed by atoms with Crippen molar-refractivity contribution in [2.75, 3.05) is 5.32 Å². The second-order valence-electron chi connectivity index (χ2n) is 5.02. The van der Waals surface area contributed by atoms with Gasteiger partial charge in [0, 0.05) is 16.9 Å². The predicted molar refractivity (Wildman–Crippen MR) is 84.2 cm³/mol. The van der Waals surface area contributed by atoms with Crippen LogP contribution in [0, 0.1) is 6.92 Å². The molecule has 5 heteroatoms. The van der Waals surface area contributed by atoms with Crippen LogP contribution in [0.3, 0.4) is 0 Å². The van der Waals surface area contributed by atoms with Crippen LogP contribution in [0.2, 0.25) is 0 Å². The molecule has 0 saturated heterocycles. The zero-order valence-electron chi connectivity index (χ0n) is 12.3. The topological polar surface area (TPSA) is 71.2 Å². The second kappa shape index (κ2) is 6.41. The first-order valence-electron chi connectivity index (χ1n) is 7.05. The third-order valence-corrected chi connectivity index (χ3v) is 3.39. The maximum Gasteiger partial charge on any atom is 0.181 e. The van der Waals surface area contributed by atoms with E-state index >= 15 is 0 Å². The Hall–Kier alpha value is -2.66. The first-order valence-corrected chi connectivity index (χ1v) is 7.05. The molecule has 0 bridgehead atoms. The van der Waals surface area contributed by atoms with E-state index in [1.807, 2.05) is 43.3 Å². The summed E-state index contributed by atoms with van der Waals surface area (Å²) in [6.07, 6.45) is 3.02. The number of aryl methyl sites for hydroxylation is 1. The number of nitrogens with zero attached hydrogens (tertiary/aromatic N) is 2. The minimum atomic E-state index is -0.0613. The van der Waals surface area contributed by atoms with Crippen molar-refractivity contribution in [3.63, 3.8) is 0 Å². The van der Waals surface area contributed by atoms with Crippen LogP contribution >= 0.6 is 0 Å². The van der Waals surface area contributed by atoms with Crippen LogP contribution in [-0.2, 0) is 13.2 Å². The number of pyridine rings is 1. The quantitative estimate of drug-likeness (QED) is 0.756. The van der Waals surface area contributed by atoms with Crippen molar-refractivity contribution < 1.29 is 9.52 Å². The van der Waals surface area contributed by atoms with Gasteiger partial charge in [-0.15, -0.1) is 0 Å². The van der Waals surface area contributed by atoms with Gasteiger partial charge in [0.05, 0.1) is 25.0 Å². The van der Waals surface area contributed by atoms with Crippen LogP contribution in [-0.4, -0.2) is 15.1 Å². The molecule has 0 aliphatic rings.